The molecule has 0 spiro atoms. The predicted octanol–water partition coefficient (Wildman–Crippen LogP) is 5.91. The number of rotatable bonds is 5. The number of carbonyl (C=O) groups excluding carboxylic acids is 1. The summed E-state index contributed by atoms with van der Waals surface area (Å²) < 4.78 is 0. The van der Waals surface area contributed by atoms with Crippen molar-refractivity contribution in [2.75, 3.05) is 0 Å². The smallest absolute Gasteiger partial charge is 0.253 e. The molecule has 3 aromatic rings. The predicted molar refractivity (Wildman–Crippen MR) is 126 cm³/mol. The van der Waals surface area contributed by atoms with Gasteiger partial charge in [0.25, 0.3) is 5.56 Å². The molecular weight excluding hydrogens is 408 g/mol. The molecule has 1 aliphatic rings. The third kappa shape index (κ3) is 4.69. The van der Waals surface area contributed by atoms with Crippen molar-refractivity contribution in [3.8, 4) is 0 Å². The van der Waals surface area contributed by atoms with E-state index in [0.29, 0.717) is 17.1 Å². The Morgan fingerprint density at radius 3 is 2.48 bits per heavy atom. The van der Waals surface area contributed by atoms with E-state index in [1.807, 2.05) is 55.1 Å². The van der Waals surface area contributed by atoms with Crippen molar-refractivity contribution >= 4 is 28.4 Å². The molecule has 4 rings (SSSR count). The van der Waals surface area contributed by atoms with Gasteiger partial charge in [-0.05, 0) is 60.9 Å². The molecule has 1 amide bonds. The number of halogens is 1. The zero-order valence-electron chi connectivity index (χ0n) is 18.2. The molecule has 0 radical (unpaired) electrons. The Labute approximate surface area is 188 Å². The largest absolute Gasteiger partial charge is 0.334 e. The van der Waals surface area contributed by atoms with Gasteiger partial charge in [0.15, 0.2) is 0 Å². The number of aryl methyl sites for hydroxylation is 2. The summed E-state index contributed by atoms with van der Waals surface area (Å²) in [5.74, 6) is 0.153. The zero-order valence-corrected chi connectivity index (χ0v) is 19.0. The van der Waals surface area contributed by atoms with Gasteiger partial charge in [0, 0.05) is 23.0 Å². The zero-order chi connectivity index (χ0) is 22.0. The number of pyridine rings is 1. The number of hydrogen-bond donors (Lipinski definition) is 1. The molecule has 0 aliphatic heterocycles. The summed E-state index contributed by atoms with van der Waals surface area (Å²) in [6, 6.07) is 13.6. The molecule has 31 heavy (non-hydrogen) atoms. The first-order chi connectivity index (χ1) is 14.9. The summed E-state index contributed by atoms with van der Waals surface area (Å²) in [6.07, 6.45) is 5.21. The molecule has 0 saturated heterocycles. The Hall–Kier alpha value is -2.59. The van der Waals surface area contributed by atoms with Crippen LogP contribution in [0.15, 0.2) is 47.3 Å². The normalized spacial score (nSPS) is 14.7. The van der Waals surface area contributed by atoms with Crippen LogP contribution in [0.5, 0.6) is 0 Å². The highest BCUT2D eigenvalue weighted by Gasteiger charge is 2.27. The maximum absolute atomic E-state index is 13.5. The van der Waals surface area contributed by atoms with E-state index in [0.717, 1.165) is 53.3 Å². The summed E-state index contributed by atoms with van der Waals surface area (Å²) in [5, 5.41) is 1.63. The SMILES string of the molecule is Cc1ccc2cc(CN(Cc3ccccc3Cl)C(=O)C3CCCCC3)c(=O)[nH]c2c1C. The Kier molecular flexibility index (Phi) is 6.47. The fourth-order valence-corrected chi connectivity index (χ4v) is 4.74. The first-order valence-corrected chi connectivity index (χ1v) is 11.5. The van der Waals surface area contributed by atoms with Crippen LogP contribution >= 0.6 is 11.6 Å². The molecule has 1 fully saturated rings. The molecule has 0 atom stereocenters. The van der Waals surface area contributed by atoms with Crippen LogP contribution in [0.2, 0.25) is 5.02 Å². The molecule has 1 heterocycles. The molecule has 5 heteroatoms. The lowest BCUT2D eigenvalue weighted by atomic mass is 9.88. The van der Waals surface area contributed by atoms with Gasteiger partial charge in [-0.2, -0.15) is 0 Å². The van der Waals surface area contributed by atoms with E-state index in [1.54, 1.807) is 0 Å². The standard InChI is InChI=1S/C26H29ClN2O2/c1-17-12-13-20-14-22(25(30)28-24(20)18(17)2)16-29(15-21-10-6-7-11-23(21)27)26(31)19-8-4-3-5-9-19/h6-7,10-14,19H,3-5,8-9,15-16H2,1-2H3,(H,28,30). The number of fused-ring (bicyclic) bond motifs is 1. The molecule has 0 bridgehead atoms. The van der Waals surface area contributed by atoms with Crippen LogP contribution in [0, 0.1) is 19.8 Å². The number of nitrogens with zero attached hydrogens (tertiary/aromatic N) is 1. The van der Waals surface area contributed by atoms with E-state index >= 15 is 0 Å². The average molecular weight is 437 g/mol. The van der Waals surface area contributed by atoms with Gasteiger partial charge in [0.05, 0.1) is 12.1 Å². The average Bonchev–Trinajstić information content (AvgIpc) is 2.78. The van der Waals surface area contributed by atoms with Crippen LogP contribution in [0.3, 0.4) is 0 Å². The third-order valence-electron chi connectivity index (χ3n) is 6.57. The van der Waals surface area contributed by atoms with Gasteiger partial charge in [-0.1, -0.05) is 61.2 Å². The Balaban J connectivity index is 1.69. The number of aromatic amines is 1. The summed E-state index contributed by atoms with van der Waals surface area (Å²) in [4.78, 5) is 31.3. The van der Waals surface area contributed by atoms with E-state index in [9.17, 15) is 9.59 Å². The molecule has 1 aliphatic carbocycles. The summed E-state index contributed by atoms with van der Waals surface area (Å²) in [5.41, 5.74) is 4.45. The monoisotopic (exact) mass is 436 g/mol. The third-order valence-corrected chi connectivity index (χ3v) is 6.94. The van der Waals surface area contributed by atoms with E-state index in [-0.39, 0.29) is 23.9 Å². The molecule has 1 N–H and O–H groups in total. The van der Waals surface area contributed by atoms with E-state index in [1.165, 1.54) is 6.42 Å². The van der Waals surface area contributed by atoms with Gasteiger partial charge < -0.3 is 9.88 Å². The Morgan fingerprint density at radius 1 is 1.03 bits per heavy atom. The van der Waals surface area contributed by atoms with Gasteiger partial charge in [-0.3, -0.25) is 9.59 Å². The number of nitrogens with one attached hydrogen (secondary N) is 1. The van der Waals surface area contributed by atoms with Crippen molar-refractivity contribution in [2.24, 2.45) is 5.92 Å². The minimum atomic E-state index is -0.137. The van der Waals surface area contributed by atoms with Crippen molar-refractivity contribution in [2.45, 2.75) is 59.0 Å². The molecule has 2 aromatic carbocycles. The Bertz CT molecular complexity index is 1160. The highest BCUT2D eigenvalue weighted by molar-refractivity contribution is 6.31. The quantitative estimate of drug-likeness (QED) is 0.540. The summed E-state index contributed by atoms with van der Waals surface area (Å²) in [7, 11) is 0. The van der Waals surface area contributed by atoms with Gasteiger partial charge in [-0.15, -0.1) is 0 Å². The highest BCUT2D eigenvalue weighted by atomic mass is 35.5. The van der Waals surface area contributed by atoms with Gasteiger partial charge in [-0.25, -0.2) is 0 Å². The number of H-pyrrole nitrogens is 1. The van der Waals surface area contributed by atoms with Crippen LogP contribution in [-0.2, 0) is 17.9 Å². The lowest BCUT2D eigenvalue weighted by Crippen LogP contribution is -2.37. The van der Waals surface area contributed by atoms with Crippen molar-refractivity contribution < 1.29 is 4.79 Å². The molecule has 162 valence electrons. The van der Waals surface area contributed by atoms with E-state index < -0.39 is 0 Å². The minimum Gasteiger partial charge on any atom is -0.334 e. The lowest BCUT2D eigenvalue weighted by molar-refractivity contribution is -0.137. The second-order valence-electron chi connectivity index (χ2n) is 8.72. The van der Waals surface area contributed by atoms with Gasteiger partial charge >= 0.3 is 0 Å². The van der Waals surface area contributed by atoms with Crippen molar-refractivity contribution in [3.05, 3.63) is 80.1 Å². The first-order valence-electron chi connectivity index (χ1n) is 11.1. The van der Waals surface area contributed by atoms with E-state index in [4.69, 9.17) is 11.6 Å². The first kappa shape index (κ1) is 21.6. The maximum Gasteiger partial charge on any atom is 0.253 e. The van der Waals surface area contributed by atoms with Gasteiger partial charge in [0.1, 0.15) is 0 Å². The van der Waals surface area contributed by atoms with Crippen LogP contribution in [0.25, 0.3) is 10.9 Å². The lowest BCUT2D eigenvalue weighted by Gasteiger charge is -2.29. The Morgan fingerprint density at radius 2 is 1.74 bits per heavy atom. The van der Waals surface area contributed by atoms with Crippen LogP contribution < -0.4 is 5.56 Å². The highest BCUT2D eigenvalue weighted by Crippen LogP contribution is 2.28. The van der Waals surface area contributed by atoms with Gasteiger partial charge in [0.2, 0.25) is 5.91 Å². The van der Waals surface area contributed by atoms with Crippen LogP contribution in [0.4, 0.5) is 0 Å². The van der Waals surface area contributed by atoms with Crippen LogP contribution in [-0.4, -0.2) is 15.8 Å². The molecule has 4 nitrogen and oxygen atoms in total. The number of amides is 1. The van der Waals surface area contributed by atoms with Crippen molar-refractivity contribution in [1.29, 1.82) is 0 Å². The number of aromatic nitrogens is 1. The summed E-state index contributed by atoms with van der Waals surface area (Å²) >= 11 is 6.40. The fourth-order valence-electron chi connectivity index (χ4n) is 4.54. The number of carbonyl (C=O) groups is 1. The van der Waals surface area contributed by atoms with Crippen molar-refractivity contribution in [1.82, 2.24) is 9.88 Å². The molecule has 0 unspecified atom stereocenters. The maximum atomic E-state index is 13.5. The van der Waals surface area contributed by atoms with Crippen molar-refractivity contribution in [3.63, 3.8) is 0 Å². The molecule has 1 saturated carbocycles. The molecule has 1 aromatic heterocycles. The number of hydrogen-bond acceptors (Lipinski definition) is 2. The second-order valence-corrected chi connectivity index (χ2v) is 9.12. The van der Waals surface area contributed by atoms with Crippen LogP contribution in [0.1, 0.15) is 54.4 Å². The fraction of sp³-hybridized carbons (Fsp3) is 0.385. The topological polar surface area (TPSA) is 53.2 Å². The second kappa shape index (κ2) is 9.27. The minimum absolute atomic E-state index is 0.0284. The van der Waals surface area contributed by atoms with E-state index in [2.05, 4.69) is 11.1 Å². The number of benzene rings is 2. The summed E-state index contributed by atoms with van der Waals surface area (Å²) in [6.45, 7) is 4.73. The molecular formula is C26H29ClN2O2.